The molecule has 0 saturated heterocycles. The number of carbonyl (C=O) groups is 1. The van der Waals surface area contributed by atoms with E-state index in [2.05, 4.69) is 34.4 Å². The number of carboxylic acid groups (broad SMARTS) is 1. The van der Waals surface area contributed by atoms with E-state index < -0.39 is 5.97 Å². The van der Waals surface area contributed by atoms with Crippen molar-refractivity contribution in [2.24, 2.45) is 0 Å². The van der Waals surface area contributed by atoms with Crippen molar-refractivity contribution in [2.75, 3.05) is 19.8 Å². The van der Waals surface area contributed by atoms with Crippen molar-refractivity contribution in [1.82, 2.24) is 14.5 Å². The fraction of sp³-hybridized carbons (Fsp3) is 0.467. The summed E-state index contributed by atoms with van der Waals surface area (Å²) >= 11 is 1.27. The summed E-state index contributed by atoms with van der Waals surface area (Å²) in [5.41, 5.74) is 3.16. The number of rotatable bonds is 6. The molecule has 0 radical (unpaired) electrons. The van der Waals surface area contributed by atoms with Crippen LogP contribution in [0.5, 0.6) is 0 Å². The fourth-order valence-corrected chi connectivity index (χ4v) is 2.80. The summed E-state index contributed by atoms with van der Waals surface area (Å²) in [4.78, 5) is 17.5. The van der Waals surface area contributed by atoms with Gasteiger partial charge in [0.15, 0.2) is 5.16 Å². The van der Waals surface area contributed by atoms with E-state index >= 15 is 0 Å². The molecule has 1 aromatic carbocycles. The molecule has 0 saturated carbocycles. The Labute approximate surface area is 129 Å². The highest BCUT2D eigenvalue weighted by Crippen LogP contribution is 2.25. The van der Waals surface area contributed by atoms with E-state index in [1.54, 1.807) is 0 Å². The van der Waals surface area contributed by atoms with Crippen LogP contribution >= 0.6 is 11.8 Å². The summed E-state index contributed by atoms with van der Waals surface area (Å²) in [5.74, 6) is -0.797. The van der Waals surface area contributed by atoms with Gasteiger partial charge in [-0.25, -0.2) is 4.98 Å². The van der Waals surface area contributed by atoms with Crippen LogP contribution in [0.15, 0.2) is 23.4 Å². The molecule has 6 heteroatoms. The van der Waals surface area contributed by atoms with E-state index in [1.807, 2.05) is 26.2 Å². The van der Waals surface area contributed by atoms with Crippen LogP contribution in [-0.4, -0.2) is 51.4 Å². The average Bonchev–Trinajstić information content (AvgIpc) is 2.74. The molecule has 1 N–H and O–H groups in total. The molecule has 2 rings (SSSR count). The number of hydrogen-bond donors (Lipinski definition) is 1. The maximum atomic E-state index is 10.8. The molecular weight excluding hydrogens is 286 g/mol. The number of imidazole rings is 1. The van der Waals surface area contributed by atoms with Crippen LogP contribution in [-0.2, 0) is 11.3 Å². The van der Waals surface area contributed by atoms with Gasteiger partial charge in [0.25, 0.3) is 0 Å². The molecule has 0 aliphatic heterocycles. The van der Waals surface area contributed by atoms with Crippen LogP contribution < -0.4 is 0 Å². The predicted molar refractivity (Wildman–Crippen MR) is 86.0 cm³/mol. The van der Waals surface area contributed by atoms with Crippen LogP contribution in [0.2, 0.25) is 0 Å². The highest BCUT2D eigenvalue weighted by Gasteiger charge is 2.16. The van der Waals surface area contributed by atoms with E-state index in [0.717, 1.165) is 22.7 Å². The Morgan fingerprint density at radius 2 is 2.19 bits per heavy atom. The molecule has 21 heavy (non-hydrogen) atoms. The number of thioether (sulfide) groups is 1. The van der Waals surface area contributed by atoms with E-state index in [1.165, 1.54) is 17.3 Å². The minimum Gasteiger partial charge on any atom is -0.481 e. The standard InChI is InChI=1S/C15H21N3O2S/c1-10-5-6-12-13(7-10)18(8-11(2)17(3)4)15(16-12)21-9-14(19)20/h5-7,11H,8-9H2,1-4H3,(H,19,20). The molecule has 0 bridgehead atoms. The summed E-state index contributed by atoms with van der Waals surface area (Å²) < 4.78 is 2.13. The number of fused-ring (bicyclic) bond motifs is 1. The molecule has 114 valence electrons. The number of hydrogen-bond acceptors (Lipinski definition) is 4. The van der Waals surface area contributed by atoms with Crippen LogP contribution in [0.3, 0.4) is 0 Å². The summed E-state index contributed by atoms with van der Waals surface area (Å²) in [6.07, 6.45) is 0. The van der Waals surface area contributed by atoms with Crippen molar-refractivity contribution in [3.8, 4) is 0 Å². The molecular formula is C15H21N3O2S. The lowest BCUT2D eigenvalue weighted by Gasteiger charge is -2.21. The number of aliphatic carboxylic acids is 1. The predicted octanol–water partition coefficient (Wildman–Crippen LogP) is 2.47. The average molecular weight is 307 g/mol. The van der Waals surface area contributed by atoms with Crippen LogP contribution in [0.4, 0.5) is 0 Å². The Morgan fingerprint density at radius 3 is 2.81 bits per heavy atom. The highest BCUT2D eigenvalue weighted by atomic mass is 32.2. The van der Waals surface area contributed by atoms with Gasteiger partial charge in [0.1, 0.15) is 0 Å². The lowest BCUT2D eigenvalue weighted by Crippen LogP contribution is -2.29. The highest BCUT2D eigenvalue weighted by molar-refractivity contribution is 7.99. The topological polar surface area (TPSA) is 58.4 Å². The fourth-order valence-electron chi connectivity index (χ4n) is 2.05. The van der Waals surface area contributed by atoms with Gasteiger partial charge in [-0.1, -0.05) is 17.8 Å². The minimum atomic E-state index is -0.824. The van der Waals surface area contributed by atoms with E-state index in [0.29, 0.717) is 6.04 Å². The van der Waals surface area contributed by atoms with Gasteiger partial charge in [-0.05, 0) is 45.6 Å². The number of benzene rings is 1. The molecule has 0 spiro atoms. The zero-order chi connectivity index (χ0) is 15.6. The van der Waals surface area contributed by atoms with E-state index in [9.17, 15) is 4.79 Å². The molecule has 1 heterocycles. The van der Waals surface area contributed by atoms with Gasteiger partial charge in [0.05, 0.1) is 16.8 Å². The number of aromatic nitrogens is 2. The molecule has 0 aliphatic carbocycles. The van der Waals surface area contributed by atoms with Crippen LogP contribution in [0.1, 0.15) is 12.5 Å². The Balaban J connectivity index is 2.42. The maximum absolute atomic E-state index is 10.8. The third-order valence-corrected chi connectivity index (χ3v) is 4.48. The first-order chi connectivity index (χ1) is 9.88. The molecule has 5 nitrogen and oxygen atoms in total. The van der Waals surface area contributed by atoms with Crippen molar-refractivity contribution in [2.45, 2.75) is 31.6 Å². The lowest BCUT2D eigenvalue weighted by molar-refractivity contribution is -0.133. The van der Waals surface area contributed by atoms with Gasteiger partial charge in [0.2, 0.25) is 0 Å². The normalized spacial score (nSPS) is 13.0. The molecule has 1 aromatic heterocycles. The van der Waals surface area contributed by atoms with Gasteiger partial charge >= 0.3 is 5.97 Å². The zero-order valence-corrected chi connectivity index (χ0v) is 13.6. The quantitative estimate of drug-likeness (QED) is 0.831. The van der Waals surface area contributed by atoms with Crippen molar-refractivity contribution in [1.29, 1.82) is 0 Å². The molecule has 2 aromatic rings. The second-order valence-electron chi connectivity index (χ2n) is 5.49. The van der Waals surface area contributed by atoms with Gasteiger partial charge in [-0.3, -0.25) is 4.79 Å². The number of likely N-dealkylation sites (N-methyl/N-ethyl adjacent to an activating group) is 1. The number of carboxylic acids is 1. The summed E-state index contributed by atoms with van der Waals surface area (Å²) in [6.45, 7) is 4.98. The van der Waals surface area contributed by atoms with Crippen molar-refractivity contribution < 1.29 is 9.90 Å². The van der Waals surface area contributed by atoms with Crippen molar-refractivity contribution in [3.05, 3.63) is 23.8 Å². The zero-order valence-electron chi connectivity index (χ0n) is 12.8. The monoisotopic (exact) mass is 307 g/mol. The van der Waals surface area contributed by atoms with E-state index in [-0.39, 0.29) is 5.75 Å². The Bertz CT molecular complexity index is 652. The molecule has 1 atom stereocenters. The number of nitrogens with zero attached hydrogens (tertiary/aromatic N) is 3. The lowest BCUT2D eigenvalue weighted by atomic mass is 10.2. The first kappa shape index (κ1) is 15.9. The molecule has 0 fully saturated rings. The minimum absolute atomic E-state index is 0.0264. The summed E-state index contributed by atoms with van der Waals surface area (Å²) in [6, 6.07) is 6.47. The third kappa shape index (κ3) is 3.77. The van der Waals surface area contributed by atoms with Gasteiger partial charge in [-0.2, -0.15) is 0 Å². The van der Waals surface area contributed by atoms with Crippen molar-refractivity contribution >= 4 is 28.8 Å². The Morgan fingerprint density at radius 1 is 1.48 bits per heavy atom. The smallest absolute Gasteiger partial charge is 0.313 e. The Kier molecular flexibility index (Phi) is 4.90. The van der Waals surface area contributed by atoms with E-state index in [4.69, 9.17) is 5.11 Å². The summed E-state index contributed by atoms with van der Waals surface area (Å²) in [7, 11) is 4.08. The summed E-state index contributed by atoms with van der Waals surface area (Å²) in [5, 5.41) is 9.66. The van der Waals surface area contributed by atoms with Gasteiger partial charge in [-0.15, -0.1) is 0 Å². The molecule has 1 unspecified atom stereocenters. The first-order valence-corrected chi connectivity index (χ1v) is 7.85. The van der Waals surface area contributed by atoms with Gasteiger partial charge < -0.3 is 14.6 Å². The molecule has 0 aliphatic rings. The third-order valence-electron chi connectivity index (χ3n) is 3.52. The largest absolute Gasteiger partial charge is 0.481 e. The first-order valence-electron chi connectivity index (χ1n) is 6.86. The SMILES string of the molecule is Cc1ccc2nc(SCC(=O)O)n(CC(C)N(C)C)c2c1. The molecule has 0 amide bonds. The van der Waals surface area contributed by atoms with Crippen LogP contribution in [0, 0.1) is 6.92 Å². The van der Waals surface area contributed by atoms with Crippen molar-refractivity contribution in [3.63, 3.8) is 0 Å². The Hall–Kier alpha value is -1.53. The second-order valence-corrected chi connectivity index (χ2v) is 6.43. The number of aryl methyl sites for hydroxylation is 1. The second kappa shape index (κ2) is 6.49. The maximum Gasteiger partial charge on any atom is 0.313 e. The van der Waals surface area contributed by atoms with Gasteiger partial charge in [0, 0.05) is 12.6 Å². The van der Waals surface area contributed by atoms with Crippen LogP contribution in [0.25, 0.3) is 11.0 Å².